The van der Waals surface area contributed by atoms with Crippen molar-refractivity contribution >= 4 is 39.9 Å². The van der Waals surface area contributed by atoms with E-state index in [4.69, 9.17) is 28.2 Å². The molecule has 0 unspecified atom stereocenters. The molecule has 124 valence electrons. The van der Waals surface area contributed by atoms with Crippen molar-refractivity contribution in [2.75, 3.05) is 18.0 Å². The van der Waals surface area contributed by atoms with Crippen LogP contribution in [0.2, 0.25) is 10.0 Å². The Morgan fingerprint density at radius 2 is 1.96 bits per heavy atom. The Bertz CT molecular complexity index is 874. The molecule has 24 heavy (non-hydrogen) atoms. The number of halogens is 2. The van der Waals surface area contributed by atoms with Gasteiger partial charge in [-0.1, -0.05) is 23.2 Å². The van der Waals surface area contributed by atoms with E-state index in [0.29, 0.717) is 15.6 Å². The number of pyridine rings is 1. The van der Waals surface area contributed by atoms with Gasteiger partial charge in [0.25, 0.3) is 0 Å². The summed E-state index contributed by atoms with van der Waals surface area (Å²) < 4.78 is 1.94. The number of piperidine rings is 1. The second-order valence-corrected chi connectivity index (χ2v) is 6.73. The summed E-state index contributed by atoms with van der Waals surface area (Å²) in [6.45, 7) is 1.53. The molecule has 0 atom stereocenters. The highest BCUT2D eigenvalue weighted by Gasteiger charge is 2.20. The van der Waals surface area contributed by atoms with E-state index in [1.165, 1.54) is 0 Å². The molecule has 1 saturated heterocycles. The summed E-state index contributed by atoms with van der Waals surface area (Å²) in [6, 6.07) is 5.74. The maximum Gasteiger partial charge on any atom is 0.131 e. The van der Waals surface area contributed by atoms with E-state index < -0.39 is 0 Å². The molecule has 7 heteroatoms. The number of nitrogens with zero attached hydrogens (tertiary/aromatic N) is 4. The molecular formula is C17H16Cl2N4O. The number of aliphatic hydroxyl groups is 1. The molecule has 1 N–H and O–H groups in total. The predicted molar refractivity (Wildman–Crippen MR) is 96.3 cm³/mol. The van der Waals surface area contributed by atoms with Crippen molar-refractivity contribution in [3.8, 4) is 5.69 Å². The van der Waals surface area contributed by atoms with Crippen molar-refractivity contribution in [2.45, 2.75) is 18.9 Å². The van der Waals surface area contributed by atoms with E-state index in [2.05, 4.69) is 9.88 Å². The van der Waals surface area contributed by atoms with Crippen LogP contribution in [0.5, 0.6) is 0 Å². The number of fused-ring (bicyclic) bond motifs is 1. The Kier molecular flexibility index (Phi) is 4.08. The molecule has 1 aliphatic rings. The topological polar surface area (TPSA) is 54.2 Å². The predicted octanol–water partition coefficient (Wildman–Crippen LogP) is 3.69. The van der Waals surface area contributed by atoms with E-state index in [1.54, 1.807) is 18.6 Å². The third-order valence-corrected chi connectivity index (χ3v) is 5.20. The van der Waals surface area contributed by atoms with Crippen LogP contribution in [0, 0.1) is 0 Å². The first kappa shape index (κ1) is 15.7. The van der Waals surface area contributed by atoms with Crippen molar-refractivity contribution in [2.24, 2.45) is 0 Å². The molecule has 1 fully saturated rings. The number of benzene rings is 1. The number of aliphatic hydroxyl groups excluding tert-OH is 1. The van der Waals surface area contributed by atoms with Crippen molar-refractivity contribution in [1.29, 1.82) is 0 Å². The van der Waals surface area contributed by atoms with Crippen molar-refractivity contribution in [3.05, 3.63) is 47.0 Å². The number of rotatable bonds is 2. The highest BCUT2D eigenvalue weighted by Crippen LogP contribution is 2.35. The third-order valence-electron chi connectivity index (χ3n) is 4.41. The number of hydrogen-bond donors (Lipinski definition) is 1. The van der Waals surface area contributed by atoms with Crippen LogP contribution < -0.4 is 4.90 Å². The van der Waals surface area contributed by atoms with Crippen molar-refractivity contribution in [3.63, 3.8) is 0 Å². The second kappa shape index (κ2) is 6.24. The lowest BCUT2D eigenvalue weighted by Crippen LogP contribution is -2.36. The lowest BCUT2D eigenvalue weighted by Gasteiger charge is -2.31. The molecule has 1 aromatic carbocycles. The Morgan fingerprint density at radius 3 is 2.67 bits per heavy atom. The fraction of sp³-hybridized carbons (Fsp3) is 0.294. The summed E-state index contributed by atoms with van der Waals surface area (Å²) in [5.74, 6) is 0.835. The minimum absolute atomic E-state index is 0.229. The molecule has 1 aliphatic heterocycles. The lowest BCUT2D eigenvalue weighted by atomic mass is 10.1. The Hall–Kier alpha value is -1.82. The van der Waals surface area contributed by atoms with E-state index in [0.717, 1.165) is 42.8 Å². The summed E-state index contributed by atoms with van der Waals surface area (Å²) in [4.78, 5) is 11.1. The number of imidazole rings is 1. The normalized spacial score (nSPS) is 16.0. The first-order valence-electron chi connectivity index (χ1n) is 7.83. The molecule has 0 spiro atoms. The zero-order chi connectivity index (χ0) is 16.7. The SMILES string of the molecule is OC1CCN(c2cc(-n3ccnc3)c3ccc(Cl)c(Cl)c3n2)CC1. The molecule has 5 nitrogen and oxygen atoms in total. The van der Waals surface area contributed by atoms with E-state index in [9.17, 15) is 5.11 Å². The van der Waals surface area contributed by atoms with Crippen LogP contribution in [0.4, 0.5) is 5.82 Å². The minimum Gasteiger partial charge on any atom is -0.393 e. The minimum atomic E-state index is -0.229. The molecule has 0 saturated carbocycles. The van der Waals surface area contributed by atoms with Crippen molar-refractivity contribution < 1.29 is 5.11 Å². The van der Waals surface area contributed by atoms with Gasteiger partial charge >= 0.3 is 0 Å². The van der Waals surface area contributed by atoms with Crippen LogP contribution in [-0.4, -0.2) is 38.8 Å². The average Bonchev–Trinajstić information content (AvgIpc) is 3.12. The lowest BCUT2D eigenvalue weighted by molar-refractivity contribution is 0.145. The fourth-order valence-electron chi connectivity index (χ4n) is 3.07. The molecule has 4 rings (SSSR count). The van der Waals surface area contributed by atoms with E-state index in [1.807, 2.05) is 22.9 Å². The third kappa shape index (κ3) is 2.73. The molecule has 0 aliphatic carbocycles. The van der Waals surface area contributed by atoms with Gasteiger partial charge in [-0.05, 0) is 25.0 Å². The molecule has 2 aromatic heterocycles. The van der Waals surface area contributed by atoms with Crippen molar-refractivity contribution in [1.82, 2.24) is 14.5 Å². The Balaban J connectivity index is 1.90. The van der Waals surface area contributed by atoms with E-state index >= 15 is 0 Å². The molecule has 0 radical (unpaired) electrons. The number of hydrogen-bond acceptors (Lipinski definition) is 4. The zero-order valence-electron chi connectivity index (χ0n) is 12.9. The largest absolute Gasteiger partial charge is 0.393 e. The van der Waals surface area contributed by atoms with Gasteiger partial charge in [0, 0.05) is 36.9 Å². The van der Waals surface area contributed by atoms with Crippen LogP contribution in [0.15, 0.2) is 36.9 Å². The maximum atomic E-state index is 9.73. The molecular weight excluding hydrogens is 347 g/mol. The van der Waals surface area contributed by atoms with Gasteiger partial charge in [-0.3, -0.25) is 0 Å². The standard InChI is InChI=1S/C17H16Cl2N4O/c18-13-2-1-12-14(23-8-5-20-10-23)9-15(21-17(12)16(13)19)22-6-3-11(24)4-7-22/h1-2,5,8-11,24H,3-4,6-7H2. The van der Waals surface area contributed by atoms with Crippen LogP contribution in [0.3, 0.4) is 0 Å². The number of aromatic nitrogens is 3. The molecule has 0 bridgehead atoms. The summed E-state index contributed by atoms with van der Waals surface area (Å²) >= 11 is 12.6. The van der Waals surface area contributed by atoms with Crippen LogP contribution >= 0.6 is 23.2 Å². The van der Waals surface area contributed by atoms with Crippen LogP contribution in [0.25, 0.3) is 16.6 Å². The maximum absolute atomic E-state index is 9.73. The van der Waals surface area contributed by atoms with Gasteiger partial charge in [0.15, 0.2) is 0 Å². The first-order chi connectivity index (χ1) is 11.6. The quantitative estimate of drug-likeness (QED) is 0.755. The summed E-state index contributed by atoms with van der Waals surface area (Å²) in [6.07, 6.45) is 6.63. The van der Waals surface area contributed by atoms with Crippen LogP contribution in [0.1, 0.15) is 12.8 Å². The highest BCUT2D eigenvalue weighted by molar-refractivity contribution is 6.45. The molecule has 3 aromatic rings. The molecule has 0 amide bonds. The van der Waals surface area contributed by atoms with Gasteiger partial charge in [-0.15, -0.1) is 0 Å². The Morgan fingerprint density at radius 1 is 1.17 bits per heavy atom. The fourth-order valence-corrected chi connectivity index (χ4v) is 3.43. The zero-order valence-corrected chi connectivity index (χ0v) is 14.4. The van der Waals surface area contributed by atoms with E-state index in [-0.39, 0.29) is 6.10 Å². The van der Waals surface area contributed by atoms with Gasteiger partial charge in [0.05, 0.1) is 33.7 Å². The smallest absolute Gasteiger partial charge is 0.131 e. The number of anilines is 1. The van der Waals surface area contributed by atoms with Gasteiger partial charge < -0.3 is 14.6 Å². The van der Waals surface area contributed by atoms with Gasteiger partial charge in [-0.25, -0.2) is 9.97 Å². The highest BCUT2D eigenvalue weighted by atomic mass is 35.5. The van der Waals surface area contributed by atoms with Gasteiger partial charge in [0.1, 0.15) is 5.82 Å². The Labute approximate surface area is 149 Å². The monoisotopic (exact) mass is 362 g/mol. The van der Waals surface area contributed by atoms with Crippen LogP contribution in [-0.2, 0) is 0 Å². The second-order valence-electron chi connectivity index (χ2n) is 5.95. The summed E-state index contributed by atoms with van der Waals surface area (Å²) in [5.41, 5.74) is 1.63. The first-order valence-corrected chi connectivity index (χ1v) is 8.59. The summed E-state index contributed by atoms with van der Waals surface area (Å²) in [5, 5.41) is 11.6. The molecule has 3 heterocycles. The summed E-state index contributed by atoms with van der Waals surface area (Å²) in [7, 11) is 0. The average molecular weight is 363 g/mol. The van der Waals surface area contributed by atoms with Gasteiger partial charge in [-0.2, -0.15) is 0 Å². The van der Waals surface area contributed by atoms with Gasteiger partial charge in [0.2, 0.25) is 0 Å².